The van der Waals surface area contributed by atoms with E-state index in [2.05, 4.69) is 48.3 Å². The minimum absolute atomic E-state index is 0.914. The molecule has 1 N–H and O–H groups in total. The second-order valence-corrected chi connectivity index (χ2v) is 7.09. The second-order valence-electron chi connectivity index (χ2n) is 7.09. The van der Waals surface area contributed by atoms with Gasteiger partial charge in [0.05, 0.1) is 11.0 Å². The molecular formula is C24H30N2. The van der Waals surface area contributed by atoms with Crippen molar-refractivity contribution in [2.75, 3.05) is 0 Å². The van der Waals surface area contributed by atoms with E-state index in [0.717, 1.165) is 23.3 Å². The fourth-order valence-electron chi connectivity index (χ4n) is 3.33. The fourth-order valence-corrected chi connectivity index (χ4v) is 3.33. The zero-order valence-electron chi connectivity index (χ0n) is 15.9. The molecule has 1 aromatic heterocycles. The van der Waals surface area contributed by atoms with Crippen LogP contribution in [-0.4, -0.2) is 9.97 Å². The number of rotatable bonds is 10. The number of imidazole rings is 1. The molecule has 0 aliphatic rings. The van der Waals surface area contributed by atoms with Gasteiger partial charge in [0.25, 0.3) is 0 Å². The molecule has 0 atom stereocenters. The molecule has 136 valence electrons. The number of hydrogen-bond acceptors (Lipinski definition) is 1. The number of aromatic amines is 1. The minimum Gasteiger partial charge on any atom is -0.338 e. The van der Waals surface area contributed by atoms with Gasteiger partial charge >= 0.3 is 0 Å². The van der Waals surface area contributed by atoms with Crippen molar-refractivity contribution in [3.05, 3.63) is 65.5 Å². The molecule has 0 saturated carbocycles. The van der Waals surface area contributed by atoms with E-state index in [4.69, 9.17) is 4.98 Å². The van der Waals surface area contributed by atoms with Crippen LogP contribution >= 0.6 is 0 Å². The first-order valence-electron chi connectivity index (χ1n) is 10.1. The normalized spacial score (nSPS) is 11.6. The maximum Gasteiger partial charge on any atom is 0.131 e. The Bertz CT molecular complexity index is 815. The van der Waals surface area contributed by atoms with Gasteiger partial charge in [0, 0.05) is 0 Å². The zero-order chi connectivity index (χ0) is 18.0. The molecule has 26 heavy (non-hydrogen) atoms. The van der Waals surface area contributed by atoms with E-state index in [9.17, 15) is 0 Å². The lowest BCUT2D eigenvalue weighted by molar-refractivity contribution is 0.589. The largest absolute Gasteiger partial charge is 0.338 e. The lowest BCUT2D eigenvalue weighted by Gasteiger charge is -2.02. The van der Waals surface area contributed by atoms with E-state index in [1.807, 2.05) is 24.3 Å². The van der Waals surface area contributed by atoms with E-state index in [-0.39, 0.29) is 0 Å². The summed E-state index contributed by atoms with van der Waals surface area (Å²) >= 11 is 0. The Balaban J connectivity index is 1.53. The predicted molar refractivity (Wildman–Crippen MR) is 113 cm³/mol. The van der Waals surface area contributed by atoms with Crippen molar-refractivity contribution in [3.63, 3.8) is 0 Å². The molecule has 2 heteroatoms. The number of nitrogens with one attached hydrogen (secondary N) is 1. The topological polar surface area (TPSA) is 28.7 Å². The van der Waals surface area contributed by atoms with Gasteiger partial charge in [-0.25, -0.2) is 4.98 Å². The number of unbranched alkanes of at least 4 members (excludes halogenated alkanes) is 6. The molecule has 2 nitrogen and oxygen atoms in total. The van der Waals surface area contributed by atoms with Crippen LogP contribution in [0.2, 0.25) is 0 Å². The van der Waals surface area contributed by atoms with Crippen LogP contribution in [-0.2, 0) is 6.42 Å². The number of aromatic nitrogens is 2. The molecular weight excluding hydrogens is 316 g/mol. The van der Waals surface area contributed by atoms with Gasteiger partial charge in [0.1, 0.15) is 5.82 Å². The Labute approximate surface area is 157 Å². The van der Waals surface area contributed by atoms with E-state index < -0.39 is 0 Å². The van der Waals surface area contributed by atoms with Crippen LogP contribution < -0.4 is 0 Å². The van der Waals surface area contributed by atoms with E-state index in [1.165, 1.54) is 56.1 Å². The maximum atomic E-state index is 4.72. The number of aryl methyl sites for hydroxylation is 1. The van der Waals surface area contributed by atoms with E-state index in [0.29, 0.717) is 0 Å². The predicted octanol–water partition coefficient (Wildman–Crippen LogP) is 7.03. The number of H-pyrrole nitrogens is 1. The molecule has 0 spiro atoms. The summed E-state index contributed by atoms with van der Waals surface area (Å²) in [4.78, 5) is 8.12. The molecule has 0 aliphatic carbocycles. The lowest BCUT2D eigenvalue weighted by atomic mass is 10.0. The Morgan fingerprint density at radius 1 is 0.846 bits per heavy atom. The lowest BCUT2D eigenvalue weighted by Crippen LogP contribution is -1.86. The summed E-state index contributed by atoms with van der Waals surface area (Å²) in [5.41, 5.74) is 4.77. The molecule has 0 amide bonds. The van der Waals surface area contributed by atoms with Gasteiger partial charge in [-0.1, -0.05) is 87.9 Å². The highest BCUT2D eigenvalue weighted by molar-refractivity contribution is 5.79. The fraction of sp³-hybridized carbons (Fsp3) is 0.375. The van der Waals surface area contributed by atoms with Crippen molar-refractivity contribution in [2.45, 2.75) is 58.3 Å². The number of nitrogens with zero attached hydrogens (tertiary/aromatic N) is 1. The number of benzene rings is 2. The van der Waals surface area contributed by atoms with Gasteiger partial charge in [0.2, 0.25) is 0 Å². The van der Waals surface area contributed by atoms with Gasteiger partial charge in [0.15, 0.2) is 0 Å². The van der Waals surface area contributed by atoms with E-state index >= 15 is 0 Å². The summed E-state index contributed by atoms with van der Waals surface area (Å²) in [7, 11) is 0. The standard InChI is InChI=1S/C24H30N2/c1-2-3-4-5-6-7-9-14-21-15-17-22-23(19-21)26-24(25-22)18-16-20-12-10-8-11-13-20/h8,10-13,15-19H,2-7,9,14H2,1H3,(H,25,26)/b18-16+. The molecule has 2 aromatic carbocycles. The van der Waals surface area contributed by atoms with Gasteiger partial charge in [-0.2, -0.15) is 0 Å². The van der Waals surface area contributed by atoms with Crippen LogP contribution in [0.4, 0.5) is 0 Å². The molecule has 0 aliphatic heterocycles. The number of hydrogen-bond donors (Lipinski definition) is 1. The summed E-state index contributed by atoms with van der Waals surface area (Å²) in [6.45, 7) is 2.27. The summed E-state index contributed by atoms with van der Waals surface area (Å²) in [6.07, 6.45) is 14.8. The van der Waals surface area contributed by atoms with Crippen LogP contribution in [0.3, 0.4) is 0 Å². The highest BCUT2D eigenvalue weighted by atomic mass is 14.9. The van der Waals surface area contributed by atoms with E-state index in [1.54, 1.807) is 0 Å². The minimum atomic E-state index is 0.914. The summed E-state index contributed by atoms with van der Waals surface area (Å²) in [5.74, 6) is 0.914. The Morgan fingerprint density at radius 3 is 2.42 bits per heavy atom. The molecule has 0 saturated heterocycles. The van der Waals surface area contributed by atoms with Gasteiger partial charge in [-0.05, 0) is 42.2 Å². The van der Waals surface area contributed by atoms with Gasteiger partial charge in [-0.3, -0.25) is 0 Å². The highest BCUT2D eigenvalue weighted by Crippen LogP contribution is 2.17. The average molecular weight is 347 g/mol. The monoisotopic (exact) mass is 346 g/mol. The third-order valence-electron chi connectivity index (χ3n) is 4.87. The zero-order valence-corrected chi connectivity index (χ0v) is 15.9. The molecule has 3 rings (SSSR count). The van der Waals surface area contributed by atoms with Gasteiger partial charge < -0.3 is 4.98 Å². The third-order valence-corrected chi connectivity index (χ3v) is 4.87. The smallest absolute Gasteiger partial charge is 0.131 e. The van der Waals surface area contributed by atoms with Crippen LogP contribution in [0, 0.1) is 0 Å². The van der Waals surface area contributed by atoms with Crippen molar-refractivity contribution < 1.29 is 0 Å². The maximum absolute atomic E-state index is 4.72. The quantitative estimate of drug-likeness (QED) is 0.392. The van der Waals surface area contributed by atoms with Crippen molar-refractivity contribution in [3.8, 4) is 0 Å². The molecule has 0 fully saturated rings. The summed E-state index contributed by atoms with van der Waals surface area (Å²) in [6, 6.07) is 17.0. The first-order valence-corrected chi connectivity index (χ1v) is 10.1. The average Bonchev–Trinajstić information content (AvgIpc) is 3.09. The molecule has 1 heterocycles. The first kappa shape index (κ1) is 18.4. The number of fused-ring (bicyclic) bond motifs is 1. The second kappa shape index (κ2) is 9.96. The van der Waals surface area contributed by atoms with Crippen LogP contribution in [0.5, 0.6) is 0 Å². The molecule has 3 aromatic rings. The molecule has 0 unspecified atom stereocenters. The van der Waals surface area contributed by atoms with Crippen molar-refractivity contribution in [1.82, 2.24) is 9.97 Å². The van der Waals surface area contributed by atoms with Crippen molar-refractivity contribution in [2.24, 2.45) is 0 Å². The molecule has 0 bridgehead atoms. The third kappa shape index (κ3) is 5.59. The van der Waals surface area contributed by atoms with Crippen LogP contribution in [0.25, 0.3) is 23.2 Å². The Hall–Kier alpha value is -2.35. The highest BCUT2D eigenvalue weighted by Gasteiger charge is 2.02. The SMILES string of the molecule is CCCCCCCCCc1ccc2[nH]c(/C=C/c3ccccc3)nc2c1. The van der Waals surface area contributed by atoms with Crippen LogP contribution in [0.15, 0.2) is 48.5 Å². The van der Waals surface area contributed by atoms with Gasteiger partial charge in [-0.15, -0.1) is 0 Å². The van der Waals surface area contributed by atoms with Crippen molar-refractivity contribution in [1.29, 1.82) is 0 Å². The summed E-state index contributed by atoms with van der Waals surface area (Å²) < 4.78 is 0. The summed E-state index contributed by atoms with van der Waals surface area (Å²) in [5, 5.41) is 0. The van der Waals surface area contributed by atoms with Crippen molar-refractivity contribution >= 4 is 23.2 Å². The first-order chi connectivity index (χ1) is 12.8. The Morgan fingerprint density at radius 2 is 1.62 bits per heavy atom. The van der Waals surface area contributed by atoms with Crippen LogP contribution in [0.1, 0.15) is 68.8 Å². The Kier molecular flexibility index (Phi) is 7.06. The molecule has 0 radical (unpaired) electrons.